The maximum atomic E-state index is 12.3. The SMILES string of the molecule is CCCC(CN1CCC1)NC(=O)c1ccc(CBr)cc1. The van der Waals surface area contributed by atoms with Crippen molar-refractivity contribution in [2.75, 3.05) is 19.6 Å². The molecule has 1 amide bonds. The van der Waals surface area contributed by atoms with Crippen LogP contribution in [0.15, 0.2) is 24.3 Å². The summed E-state index contributed by atoms with van der Waals surface area (Å²) in [6.45, 7) is 5.51. The van der Waals surface area contributed by atoms with E-state index in [1.165, 1.54) is 25.1 Å². The van der Waals surface area contributed by atoms with E-state index in [-0.39, 0.29) is 11.9 Å². The standard InChI is InChI=1S/C16H23BrN2O/c1-2-4-15(12-19-9-3-10-19)18-16(20)14-7-5-13(11-17)6-8-14/h5-8,15H,2-4,9-12H2,1H3,(H,18,20). The summed E-state index contributed by atoms with van der Waals surface area (Å²) in [7, 11) is 0. The average molecular weight is 339 g/mol. The zero-order valence-electron chi connectivity index (χ0n) is 12.1. The number of carbonyl (C=O) groups is 1. The zero-order chi connectivity index (χ0) is 14.4. The van der Waals surface area contributed by atoms with Gasteiger partial charge in [0.05, 0.1) is 0 Å². The van der Waals surface area contributed by atoms with Crippen LogP contribution in [0.25, 0.3) is 0 Å². The minimum atomic E-state index is 0.0464. The van der Waals surface area contributed by atoms with Crippen molar-refractivity contribution in [3.63, 3.8) is 0 Å². The van der Waals surface area contributed by atoms with Crippen molar-refractivity contribution in [3.8, 4) is 0 Å². The monoisotopic (exact) mass is 338 g/mol. The number of likely N-dealkylation sites (tertiary alicyclic amines) is 1. The van der Waals surface area contributed by atoms with E-state index in [0.29, 0.717) is 0 Å². The molecular weight excluding hydrogens is 316 g/mol. The normalized spacial score (nSPS) is 16.5. The van der Waals surface area contributed by atoms with E-state index in [9.17, 15) is 4.79 Å². The molecule has 0 bridgehead atoms. The van der Waals surface area contributed by atoms with Crippen LogP contribution in [0.1, 0.15) is 42.1 Å². The van der Waals surface area contributed by atoms with Crippen LogP contribution in [0.2, 0.25) is 0 Å². The number of hydrogen-bond donors (Lipinski definition) is 1. The lowest BCUT2D eigenvalue weighted by atomic mass is 10.1. The van der Waals surface area contributed by atoms with E-state index in [4.69, 9.17) is 0 Å². The second-order valence-electron chi connectivity index (χ2n) is 5.44. The first kappa shape index (κ1) is 15.5. The molecule has 3 nitrogen and oxygen atoms in total. The molecule has 0 aromatic heterocycles. The van der Waals surface area contributed by atoms with Crippen molar-refractivity contribution in [1.82, 2.24) is 10.2 Å². The second kappa shape index (κ2) is 7.79. The molecule has 0 aliphatic carbocycles. The molecule has 1 atom stereocenters. The van der Waals surface area contributed by atoms with E-state index in [1.54, 1.807) is 0 Å². The molecule has 1 aromatic carbocycles. The van der Waals surface area contributed by atoms with Gasteiger partial charge in [0, 0.05) is 23.5 Å². The summed E-state index contributed by atoms with van der Waals surface area (Å²) in [6.07, 6.45) is 3.43. The molecule has 2 rings (SSSR count). The third kappa shape index (κ3) is 4.32. The Morgan fingerprint density at radius 3 is 2.55 bits per heavy atom. The van der Waals surface area contributed by atoms with Gasteiger partial charge in [-0.3, -0.25) is 4.79 Å². The lowest BCUT2D eigenvalue weighted by molar-refractivity contribution is 0.0903. The van der Waals surface area contributed by atoms with Gasteiger partial charge in [0.25, 0.3) is 5.91 Å². The van der Waals surface area contributed by atoms with Crippen molar-refractivity contribution >= 4 is 21.8 Å². The Kier molecular flexibility index (Phi) is 6.05. The minimum Gasteiger partial charge on any atom is -0.348 e. The zero-order valence-corrected chi connectivity index (χ0v) is 13.7. The molecule has 1 unspecified atom stereocenters. The fourth-order valence-electron chi connectivity index (χ4n) is 2.45. The molecule has 20 heavy (non-hydrogen) atoms. The van der Waals surface area contributed by atoms with Gasteiger partial charge in [-0.1, -0.05) is 41.4 Å². The Balaban J connectivity index is 1.91. The van der Waals surface area contributed by atoms with Crippen molar-refractivity contribution in [2.45, 2.75) is 37.6 Å². The summed E-state index contributed by atoms with van der Waals surface area (Å²) in [5, 5.41) is 4.00. The number of amides is 1. The Morgan fingerprint density at radius 1 is 1.35 bits per heavy atom. The van der Waals surface area contributed by atoms with Crippen LogP contribution < -0.4 is 5.32 Å². The first-order valence-corrected chi connectivity index (χ1v) is 8.53. The fraction of sp³-hybridized carbons (Fsp3) is 0.562. The van der Waals surface area contributed by atoms with Crippen LogP contribution in [-0.4, -0.2) is 36.5 Å². The van der Waals surface area contributed by atoms with Crippen LogP contribution in [-0.2, 0) is 5.33 Å². The van der Waals surface area contributed by atoms with Crippen molar-refractivity contribution in [3.05, 3.63) is 35.4 Å². The van der Waals surface area contributed by atoms with Gasteiger partial charge in [-0.05, 0) is 43.6 Å². The maximum Gasteiger partial charge on any atom is 0.251 e. The molecule has 0 spiro atoms. The predicted octanol–water partition coefficient (Wildman–Crippen LogP) is 3.19. The third-order valence-corrected chi connectivity index (χ3v) is 4.42. The van der Waals surface area contributed by atoms with E-state index >= 15 is 0 Å². The Morgan fingerprint density at radius 2 is 2.05 bits per heavy atom. The topological polar surface area (TPSA) is 32.3 Å². The summed E-state index contributed by atoms with van der Waals surface area (Å²) in [5.74, 6) is 0.0464. The van der Waals surface area contributed by atoms with Gasteiger partial charge in [0.2, 0.25) is 0 Å². The number of hydrogen-bond acceptors (Lipinski definition) is 2. The summed E-state index contributed by atoms with van der Waals surface area (Å²) in [6, 6.07) is 8.06. The summed E-state index contributed by atoms with van der Waals surface area (Å²) >= 11 is 3.42. The number of nitrogens with one attached hydrogen (secondary N) is 1. The second-order valence-corrected chi connectivity index (χ2v) is 6.00. The van der Waals surface area contributed by atoms with Crippen molar-refractivity contribution < 1.29 is 4.79 Å². The Labute approximate surface area is 129 Å². The summed E-state index contributed by atoms with van der Waals surface area (Å²) < 4.78 is 0. The first-order chi connectivity index (χ1) is 9.72. The highest BCUT2D eigenvalue weighted by molar-refractivity contribution is 9.08. The van der Waals surface area contributed by atoms with Gasteiger partial charge in [-0.25, -0.2) is 0 Å². The molecule has 1 aliphatic heterocycles. The number of halogens is 1. The van der Waals surface area contributed by atoms with Crippen LogP contribution >= 0.6 is 15.9 Å². The molecule has 1 heterocycles. The largest absolute Gasteiger partial charge is 0.348 e. The van der Waals surface area contributed by atoms with Crippen molar-refractivity contribution in [1.29, 1.82) is 0 Å². The highest BCUT2D eigenvalue weighted by atomic mass is 79.9. The van der Waals surface area contributed by atoms with Gasteiger partial charge in [0.15, 0.2) is 0 Å². The van der Waals surface area contributed by atoms with Gasteiger partial charge in [-0.2, -0.15) is 0 Å². The quantitative estimate of drug-likeness (QED) is 0.774. The molecule has 0 saturated carbocycles. The Hall–Kier alpha value is -0.870. The van der Waals surface area contributed by atoms with Crippen molar-refractivity contribution in [2.24, 2.45) is 0 Å². The number of nitrogens with zero attached hydrogens (tertiary/aromatic N) is 1. The van der Waals surface area contributed by atoms with Gasteiger partial charge >= 0.3 is 0 Å². The maximum absolute atomic E-state index is 12.3. The average Bonchev–Trinajstić information content (AvgIpc) is 2.43. The third-order valence-electron chi connectivity index (χ3n) is 3.77. The van der Waals surface area contributed by atoms with E-state index in [0.717, 1.165) is 30.3 Å². The molecule has 1 aliphatic rings. The summed E-state index contributed by atoms with van der Waals surface area (Å²) in [4.78, 5) is 14.7. The highest BCUT2D eigenvalue weighted by Crippen LogP contribution is 2.11. The van der Waals surface area contributed by atoms with E-state index in [2.05, 4.69) is 33.1 Å². The first-order valence-electron chi connectivity index (χ1n) is 7.41. The molecule has 110 valence electrons. The molecular formula is C16H23BrN2O. The molecule has 1 saturated heterocycles. The predicted molar refractivity (Wildman–Crippen MR) is 86.3 cm³/mol. The van der Waals surface area contributed by atoms with Gasteiger partial charge in [-0.15, -0.1) is 0 Å². The van der Waals surface area contributed by atoms with Crippen LogP contribution in [0, 0.1) is 0 Å². The smallest absolute Gasteiger partial charge is 0.251 e. The number of alkyl halides is 1. The van der Waals surface area contributed by atoms with Crippen LogP contribution in [0.5, 0.6) is 0 Å². The molecule has 1 N–H and O–H groups in total. The number of benzene rings is 1. The van der Waals surface area contributed by atoms with Crippen LogP contribution in [0.4, 0.5) is 0 Å². The molecule has 1 aromatic rings. The highest BCUT2D eigenvalue weighted by Gasteiger charge is 2.20. The van der Waals surface area contributed by atoms with Crippen LogP contribution in [0.3, 0.4) is 0 Å². The van der Waals surface area contributed by atoms with Gasteiger partial charge in [0.1, 0.15) is 0 Å². The lowest BCUT2D eigenvalue weighted by Gasteiger charge is -2.34. The Bertz CT molecular complexity index is 429. The van der Waals surface area contributed by atoms with E-state index in [1.807, 2.05) is 24.3 Å². The molecule has 4 heteroatoms. The minimum absolute atomic E-state index is 0.0464. The fourth-order valence-corrected chi connectivity index (χ4v) is 2.82. The number of rotatable bonds is 7. The molecule has 0 radical (unpaired) electrons. The van der Waals surface area contributed by atoms with E-state index < -0.39 is 0 Å². The van der Waals surface area contributed by atoms with Gasteiger partial charge < -0.3 is 10.2 Å². The lowest BCUT2D eigenvalue weighted by Crippen LogP contribution is -2.48. The number of carbonyl (C=O) groups excluding carboxylic acids is 1. The molecule has 1 fully saturated rings. The summed E-state index contributed by atoms with van der Waals surface area (Å²) in [5.41, 5.74) is 1.94.